The van der Waals surface area contributed by atoms with Crippen LogP contribution in [0.5, 0.6) is 5.75 Å². The average molecular weight is 324 g/mol. The van der Waals surface area contributed by atoms with E-state index in [1.807, 2.05) is 13.0 Å². The largest absolute Gasteiger partial charge is 0.507 e. The number of nitrogens with one attached hydrogen (secondary N) is 1. The predicted octanol–water partition coefficient (Wildman–Crippen LogP) is 3.85. The first-order valence-electron chi connectivity index (χ1n) is 5.53. The van der Waals surface area contributed by atoms with Crippen LogP contribution in [0, 0.1) is 12.7 Å². The number of carbonyl (C=O) groups excluding carboxylic acids is 1. The van der Waals surface area contributed by atoms with Crippen LogP contribution in [-0.4, -0.2) is 11.0 Å². The smallest absolute Gasteiger partial charge is 0.259 e. The van der Waals surface area contributed by atoms with E-state index in [1.54, 1.807) is 12.1 Å². The lowest BCUT2D eigenvalue weighted by Gasteiger charge is -2.09. The fourth-order valence-corrected chi connectivity index (χ4v) is 2.13. The first kappa shape index (κ1) is 13.5. The van der Waals surface area contributed by atoms with Gasteiger partial charge in [-0.15, -0.1) is 0 Å². The van der Waals surface area contributed by atoms with Gasteiger partial charge >= 0.3 is 0 Å². The highest BCUT2D eigenvalue weighted by Gasteiger charge is 2.13. The molecule has 0 unspecified atom stereocenters. The first-order valence-corrected chi connectivity index (χ1v) is 6.32. The van der Waals surface area contributed by atoms with Crippen molar-refractivity contribution in [3.8, 4) is 5.75 Å². The quantitative estimate of drug-likeness (QED) is 0.881. The summed E-state index contributed by atoms with van der Waals surface area (Å²) in [5.41, 5.74) is 1.55. The lowest BCUT2D eigenvalue weighted by atomic mass is 10.1. The summed E-state index contributed by atoms with van der Waals surface area (Å²) in [6, 6.07) is 8.69. The van der Waals surface area contributed by atoms with Gasteiger partial charge in [0, 0.05) is 16.2 Å². The van der Waals surface area contributed by atoms with E-state index in [4.69, 9.17) is 0 Å². The summed E-state index contributed by atoms with van der Waals surface area (Å²) < 4.78 is 13.8. The maximum absolute atomic E-state index is 12.8. The summed E-state index contributed by atoms with van der Waals surface area (Å²) in [5, 5.41) is 12.2. The molecule has 2 aromatic carbocycles. The van der Waals surface area contributed by atoms with Gasteiger partial charge in [0.05, 0.1) is 5.56 Å². The van der Waals surface area contributed by atoms with Crippen molar-refractivity contribution in [2.45, 2.75) is 6.92 Å². The number of rotatable bonds is 2. The summed E-state index contributed by atoms with van der Waals surface area (Å²) in [7, 11) is 0. The molecule has 0 atom stereocenters. The second-order valence-electron chi connectivity index (χ2n) is 4.07. The summed E-state index contributed by atoms with van der Waals surface area (Å²) >= 11 is 3.33. The Hall–Kier alpha value is -1.88. The monoisotopic (exact) mass is 323 g/mol. The molecule has 0 fully saturated rings. The second kappa shape index (κ2) is 5.40. The van der Waals surface area contributed by atoms with Gasteiger partial charge in [0.25, 0.3) is 5.91 Å². The zero-order chi connectivity index (χ0) is 14.0. The average Bonchev–Trinajstić information content (AvgIpc) is 2.32. The maximum atomic E-state index is 12.8. The number of hydrogen-bond acceptors (Lipinski definition) is 2. The number of amides is 1. The van der Waals surface area contributed by atoms with Crippen molar-refractivity contribution in [3.63, 3.8) is 0 Å². The second-order valence-corrected chi connectivity index (χ2v) is 4.99. The van der Waals surface area contributed by atoms with E-state index in [0.717, 1.165) is 22.2 Å². The Morgan fingerprint density at radius 2 is 2.00 bits per heavy atom. The highest BCUT2D eigenvalue weighted by Crippen LogP contribution is 2.23. The van der Waals surface area contributed by atoms with Crippen molar-refractivity contribution < 1.29 is 14.3 Å². The fraction of sp³-hybridized carbons (Fsp3) is 0.0714. The summed E-state index contributed by atoms with van der Waals surface area (Å²) in [6.07, 6.45) is 0. The van der Waals surface area contributed by atoms with E-state index < -0.39 is 11.7 Å². The van der Waals surface area contributed by atoms with Gasteiger partial charge in [-0.25, -0.2) is 4.39 Å². The Kier molecular flexibility index (Phi) is 3.85. The molecule has 3 nitrogen and oxygen atoms in total. The number of halogens is 2. The molecule has 98 valence electrons. The number of phenols is 1. The van der Waals surface area contributed by atoms with Gasteiger partial charge in [-0.2, -0.15) is 0 Å². The van der Waals surface area contributed by atoms with Gasteiger partial charge in [-0.05, 0) is 42.8 Å². The molecule has 2 rings (SSSR count). The number of aromatic hydroxyl groups is 1. The minimum Gasteiger partial charge on any atom is -0.507 e. The van der Waals surface area contributed by atoms with E-state index in [0.29, 0.717) is 5.69 Å². The Labute approximate surface area is 118 Å². The van der Waals surface area contributed by atoms with Crippen LogP contribution in [0.4, 0.5) is 10.1 Å². The number of benzene rings is 2. The molecule has 0 heterocycles. The molecule has 0 saturated heterocycles. The Morgan fingerprint density at radius 1 is 1.26 bits per heavy atom. The lowest BCUT2D eigenvalue weighted by molar-refractivity contribution is 0.102. The molecule has 1 amide bonds. The van der Waals surface area contributed by atoms with Gasteiger partial charge in [0.15, 0.2) is 0 Å². The molecular formula is C14H11BrFNO2. The summed E-state index contributed by atoms with van der Waals surface area (Å²) in [4.78, 5) is 12.0. The third-order valence-electron chi connectivity index (χ3n) is 2.64. The number of anilines is 1. The van der Waals surface area contributed by atoms with Gasteiger partial charge in [0.2, 0.25) is 0 Å². The van der Waals surface area contributed by atoms with Crippen LogP contribution in [0.3, 0.4) is 0 Å². The first-order chi connectivity index (χ1) is 8.97. The van der Waals surface area contributed by atoms with Crippen LogP contribution in [0.25, 0.3) is 0 Å². The maximum Gasteiger partial charge on any atom is 0.259 e. The predicted molar refractivity (Wildman–Crippen MR) is 74.9 cm³/mol. The van der Waals surface area contributed by atoms with E-state index in [2.05, 4.69) is 21.2 Å². The number of aryl methyl sites for hydroxylation is 1. The molecule has 0 bridgehead atoms. The zero-order valence-electron chi connectivity index (χ0n) is 10.1. The van der Waals surface area contributed by atoms with Crippen molar-refractivity contribution in [1.82, 2.24) is 0 Å². The fourth-order valence-electron chi connectivity index (χ4n) is 1.65. The summed E-state index contributed by atoms with van der Waals surface area (Å²) in [6.45, 7) is 1.85. The molecule has 2 aromatic rings. The van der Waals surface area contributed by atoms with Crippen LogP contribution >= 0.6 is 15.9 Å². The van der Waals surface area contributed by atoms with E-state index in [9.17, 15) is 14.3 Å². The van der Waals surface area contributed by atoms with Crippen LogP contribution < -0.4 is 5.32 Å². The molecule has 19 heavy (non-hydrogen) atoms. The van der Waals surface area contributed by atoms with Gasteiger partial charge in [-0.3, -0.25) is 4.79 Å². The Balaban J connectivity index is 2.25. The molecule has 0 aliphatic heterocycles. The van der Waals surface area contributed by atoms with Crippen LogP contribution in [-0.2, 0) is 0 Å². The topological polar surface area (TPSA) is 49.3 Å². The normalized spacial score (nSPS) is 10.3. The standard InChI is InChI=1S/C14H11BrFNO2/c1-8-6-9(15)2-5-12(8)17-14(19)11-4-3-10(16)7-13(11)18/h2-7,18H,1H3,(H,17,19). The molecule has 0 aliphatic rings. The van der Waals surface area contributed by atoms with Crippen LogP contribution in [0.2, 0.25) is 0 Å². The molecule has 0 aliphatic carbocycles. The lowest BCUT2D eigenvalue weighted by Crippen LogP contribution is -2.13. The van der Waals surface area contributed by atoms with Crippen molar-refractivity contribution in [2.75, 3.05) is 5.32 Å². The van der Waals surface area contributed by atoms with E-state index in [-0.39, 0.29) is 11.3 Å². The highest BCUT2D eigenvalue weighted by atomic mass is 79.9. The zero-order valence-corrected chi connectivity index (χ0v) is 11.7. The number of carbonyl (C=O) groups is 1. The highest BCUT2D eigenvalue weighted by molar-refractivity contribution is 9.10. The molecule has 0 aromatic heterocycles. The van der Waals surface area contributed by atoms with Crippen molar-refractivity contribution in [2.24, 2.45) is 0 Å². The van der Waals surface area contributed by atoms with Crippen molar-refractivity contribution in [1.29, 1.82) is 0 Å². The summed E-state index contributed by atoms with van der Waals surface area (Å²) in [5.74, 6) is -1.45. The number of hydrogen-bond donors (Lipinski definition) is 2. The van der Waals surface area contributed by atoms with Crippen molar-refractivity contribution in [3.05, 3.63) is 57.8 Å². The van der Waals surface area contributed by atoms with Crippen LogP contribution in [0.15, 0.2) is 40.9 Å². The minimum absolute atomic E-state index is 0.0312. The third-order valence-corrected chi connectivity index (χ3v) is 3.13. The molecule has 0 spiro atoms. The minimum atomic E-state index is -0.589. The van der Waals surface area contributed by atoms with Gasteiger partial charge < -0.3 is 10.4 Å². The van der Waals surface area contributed by atoms with Crippen molar-refractivity contribution >= 4 is 27.5 Å². The third kappa shape index (κ3) is 3.12. The molecule has 2 N–H and O–H groups in total. The van der Waals surface area contributed by atoms with Gasteiger partial charge in [-0.1, -0.05) is 15.9 Å². The van der Waals surface area contributed by atoms with E-state index in [1.165, 1.54) is 6.07 Å². The van der Waals surface area contributed by atoms with Crippen LogP contribution in [0.1, 0.15) is 15.9 Å². The Bertz CT molecular complexity index is 643. The number of phenolic OH excluding ortho intramolecular Hbond substituents is 1. The van der Waals surface area contributed by atoms with E-state index >= 15 is 0 Å². The Morgan fingerprint density at radius 3 is 2.63 bits per heavy atom. The molecule has 5 heteroatoms. The molecule has 0 saturated carbocycles. The molecular weight excluding hydrogens is 313 g/mol. The van der Waals surface area contributed by atoms with Gasteiger partial charge in [0.1, 0.15) is 11.6 Å². The molecule has 0 radical (unpaired) electrons. The SMILES string of the molecule is Cc1cc(Br)ccc1NC(=O)c1ccc(F)cc1O.